The first-order valence-corrected chi connectivity index (χ1v) is 19.8. The van der Waals surface area contributed by atoms with E-state index in [1.807, 2.05) is 42.7 Å². The van der Waals surface area contributed by atoms with Gasteiger partial charge >= 0.3 is 6.09 Å². The van der Waals surface area contributed by atoms with E-state index in [0.717, 1.165) is 17.6 Å². The van der Waals surface area contributed by atoms with E-state index in [2.05, 4.69) is 25.3 Å². The van der Waals surface area contributed by atoms with Gasteiger partial charge in [0.05, 0.1) is 27.9 Å². The average Bonchev–Trinajstić information content (AvgIpc) is 3.90. The van der Waals surface area contributed by atoms with E-state index in [-0.39, 0.29) is 31.2 Å². The van der Waals surface area contributed by atoms with Gasteiger partial charge < -0.3 is 25.4 Å². The van der Waals surface area contributed by atoms with Crippen LogP contribution in [0.4, 0.5) is 4.79 Å². The number of benzene rings is 1. The van der Waals surface area contributed by atoms with Gasteiger partial charge in [-0.1, -0.05) is 37.6 Å². The monoisotopic (exact) mass is 769 g/mol. The lowest BCUT2D eigenvalue weighted by Gasteiger charge is -2.32. The molecule has 1 saturated heterocycles. The van der Waals surface area contributed by atoms with Gasteiger partial charge in [0, 0.05) is 23.6 Å². The fourth-order valence-corrected chi connectivity index (χ4v) is 9.24. The normalized spacial score (nSPS) is 30.1. The summed E-state index contributed by atoms with van der Waals surface area (Å²) in [7, 11) is -4.01. The zero-order chi connectivity index (χ0) is 38.0. The van der Waals surface area contributed by atoms with Gasteiger partial charge in [-0.3, -0.25) is 23.5 Å². The van der Waals surface area contributed by atoms with E-state index in [0.29, 0.717) is 41.9 Å². The molecule has 0 unspecified atom stereocenters. The summed E-state index contributed by atoms with van der Waals surface area (Å²) in [4.78, 5) is 65.2. The minimum absolute atomic E-state index is 0.0287. The van der Waals surface area contributed by atoms with Crippen molar-refractivity contribution in [2.45, 2.75) is 101 Å². The third-order valence-corrected chi connectivity index (χ3v) is 13.7. The maximum Gasteiger partial charge on any atom is 0.405 e. The van der Waals surface area contributed by atoms with Gasteiger partial charge in [0.2, 0.25) is 33.5 Å². The molecule has 2 aliphatic carbocycles. The molecule has 0 bridgehead atoms. The summed E-state index contributed by atoms with van der Waals surface area (Å²) in [5.74, 6) is -2.35. The van der Waals surface area contributed by atoms with Crippen LogP contribution in [0.5, 0.6) is 5.88 Å². The Balaban J connectivity index is 1.25. The molecule has 2 aromatic heterocycles. The number of aromatic nitrogens is 3. The number of carbonyl (C=O) groups is 4. The number of carboxylic acid groups (broad SMARTS) is 1. The maximum atomic E-state index is 14.5. The molecule has 4 heterocycles. The molecule has 2 saturated carbocycles. The highest BCUT2D eigenvalue weighted by Gasteiger charge is 2.63. The fourth-order valence-electron chi connectivity index (χ4n) is 7.76. The quantitative estimate of drug-likeness (QED) is 0.268. The van der Waals surface area contributed by atoms with Crippen molar-refractivity contribution in [1.82, 2.24) is 34.6 Å². The Labute approximate surface area is 311 Å². The lowest BCUT2D eigenvalue weighted by molar-refractivity contribution is -0.142. The number of fused-ring (bicyclic) bond motifs is 5. The van der Waals surface area contributed by atoms with Crippen LogP contribution in [0.15, 0.2) is 36.5 Å². The van der Waals surface area contributed by atoms with Gasteiger partial charge in [-0.2, -0.15) is 4.98 Å². The fraction of sp³-hybridized carbons (Fsp3) is 0.556. The first-order chi connectivity index (χ1) is 25.0. The van der Waals surface area contributed by atoms with Gasteiger partial charge in [0.25, 0.3) is 5.91 Å². The second-order valence-electron chi connectivity index (χ2n) is 15.5. The molecular weight excluding hydrogens is 726 g/mol. The Bertz CT molecular complexity index is 2150. The average molecular weight is 770 g/mol. The molecule has 3 aromatic rings. The number of carbonyl (C=O) groups excluding carboxylic acids is 3. The number of imidazole rings is 1. The number of nitrogens with zero attached hydrogens (tertiary/aromatic N) is 4. The Hall–Kier alpha value is -4.44. The maximum absolute atomic E-state index is 14.5. The minimum atomic E-state index is -4.01. The van der Waals surface area contributed by atoms with Crippen molar-refractivity contribution in [3.05, 3.63) is 47.3 Å². The first kappa shape index (κ1) is 36.9. The lowest BCUT2D eigenvalue weighted by Crippen LogP contribution is -2.59. The lowest BCUT2D eigenvalue weighted by atomic mass is 9.88. The number of hydrogen-bond donors (Lipinski definition) is 4. The van der Waals surface area contributed by atoms with Crippen LogP contribution in [0.1, 0.15) is 71.4 Å². The van der Waals surface area contributed by atoms with Crippen molar-refractivity contribution in [3.8, 4) is 5.88 Å². The summed E-state index contributed by atoms with van der Waals surface area (Å²) in [6.45, 7) is 7.14. The summed E-state index contributed by atoms with van der Waals surface area (Å²) < 4.78 is 35.7. The van der Waals surface area contributed by atoms with E-state index in [1.165, 1.54) is 4.90 Å². The highest BCUT2D eigenvalue weighted by molar-refractivity contribution is 7.91. The van der Waals surface area contributed by atoms with Crippen LogP contribution >= 0.6 is 11.6 Å². The first-order valence-electron chi connectivity index (χ1n) is 18.0. The molecule has 2 aliphatic heterocycles. The SMILES string of the molecule is Cc1cn2c(n1)nc(O[C@@H]1C[C@H]3C(=O)N[C@]4(C(=O)NS(=O)(=O)C5(C)CC5)C[C@H]4C=CCC[C@@H](C)C[C@@H](C)[C@H](NC(=O)O)C(=O)N3C1)c1cc(Cl)ccc12. The topological polar surface area (TPSA) is 201 Å². The van der Waals surface area contributed by atoms with E-state index < -0.39 is 74.1 Å². The summed E-state index contributed by atoms with van der Waals surface area (Å²) in [5, 5.41) is 16.1. The molecule has 7 atom stereocenters. The number of rotatable bonds is 6. The molecule has 1 aromatic carbocycles. The Morgan fingerprint density at radius 3 is 2.62 bits per heavy atom. The van der Waals surface area contributed by atoms with E-state index in [4.69, 9.17) is 16.3 Å². The van der Waals surface area contributed by atoms with Crippen LogP contribution < -0.4 is 20.1 Å². The van der Waals surface area contributed by atoms with Gasteiger partial charge in [-0.15, -0.1) is 0 Å². The number of halogens is 1. The second-order valence-corrected chi connectivity index (χ2v) is 18.2. The molecule has 0 spiro atoms. The molecular formula is C36H44ClN7O8S. The number of aryl methyl sites for hydroxylation is 1. The molecule has 15 nitrogen and oxygen atoms in total. The van der Waals surface area contributed by atoms with Crippen LogP contribution in [-0.2, 0) is 24.4 Å². The predicted octanol–water partition coefficient (Wildman–Crippen LogP) is 3.71. The number of nitrogens with one attached hydrogen (secondary N) is 3. The molecule has 4 amide bonds. The summed E-state index contributed by atoms with van der Waals surface area (Å²) in [5.41, 5.74) is -0.109. The molecule has 17 heteroatoms. The smallest absolute Gasteiger partial charge is 0.405 e. The second kappa shape index (κ2) is 13.4. The van der Waals surface area contributed by atoms with E-state index in [1.54, 1.807) is 26.0 Å². The Kier molecular flexibility index (Phi) is 9.36. The molecule has 4 N–H and O–H groups in total. The van der Waals surface area contributed by atoms with Gasteiger partial charge in [-0.25, -0.2) is 18.2 Å². The standard InChI is InChI=1S/C36H44ClN7O8S/c1-19-7-5-6-8-22-16-36(22,32(47)42-53(50,51)35(4)11-12-35)41-29(45)27-15-24(18-43(27)31(46)28(20(2)13-19)39-34(48)49)52-30-25-14-23(37)9-10-26(25)44-17-21(3)38-33(44)40-30/h6,8-10,14,17,19-20,22,24,27-28,39H,5,7,11-13,15-16,18H2,1-4H3,(H,41,45)(H,42,47)(H,48,49)/t19-,20-,22-,24-,27+,28+,36-/m1/s1. The number of allylic oxidation sites excluding steroid dienone is 1. The van der Waals surface area contributed by atoms with Crippen molar-refractivity contribution in [2.24, 2.45) is 17.8 Å². The molecule has 0 radical (unpaired) electrons. The van der Waals surface area contributed by atoms with Gasteiger partial charge in [-0.05, 0) is 82.4 Å². The van der Waals surface area contributed by atoms with E-state index in [9.17, 15) is 32.7 Å². The Morgan fingerprint density at radius 2 is 1.91 bits per heavy atom. The summed E-state index contributed by atoms with van der Waals surface area (Å²) >= 11 is 6.39. The van der Waals surface area contributed by atoms with Crippen molar-refractivity contribution < 1.29 is 37.4 Å². The predicted molar refractivity (Wildman–Crippen MR) is 195 cm³/mol. The zero-order valence-electron chi connectivity index (χ0n) is 30.0. The molecule has 284 valence electrons. The largest absolute Gasteiger partial charge is 0.472 e. The Morgan fingerprint density at radius 1 is 1.15 bits per heavy atom. The third-order valence-electron chi connectivity index (χ3n) is 11.3. The molecule has 53 heavy (non-hydrogen) atoms. The molecule has 3 fully saturated rings. The highest BCUT2D eigenvalue weighted by Crippen LogP contribution is 2.47. The number of hydrogen-bond acceptors (Lipinski definition) is 9. The van der Waals surface area contributed by atoms with Crippen molar-refractivity contribution in [3.63, 3.8) is 0 Å². The van der Waals surface area contributed by atoms with Gasteiger partial charge in [0.1, 0.15) is 23.7 Å². The van der Waals surface area contributed by atoms with Gasteiger partial charge in [0.15, 0.2) is 0 Å². The number of ether oxygens (including phenoxy) is 1. The molecule has 4 aliphatic rings. The summed E-state index contributed by atoms with van der Waals surface area (Å²) in [6, 6.07) is 2.88. The van der Waals surface area contributed by atoms with E-state index >= 15 is 0 Å². The van der Waals surface area contributed by atoms with Crippen LogP contribution in [-0.4, -0.2) is 91.6 Å². The van der Waals surface area contributed by atoms with Crippen LogP contribution in [0.25, 0.3) is 16.7 Å². The van der Waals surface area contributed by atoms with Crippen molar-refractivity contribution >= 4 is 62.1 Å². The highest BCUT2D eigenvalue weighted by atomic mass is 35.5. The van der Waals surface area contributed by atoms with Crippen LogP contribution in [0.2, 0.25) is 5.02 Å². The molecule has 7 rings (SSSR count). The van der Waals surface area contributed by atoms with Crippen LogP contribution in [0, 0.1) is 24.7 Å². The van der Waals surface area contributed by atoms with Crippen molar-refractivity contribution in [1.29, 1.82) is 0 Å². The number of amides is 4. The number of sulfonamides is 1. The third kappa shape index (κ3) is 7.02. The summed E-state index contributed by atoms with van der Waals surface area (Å²) in [6.07, 6.45) is 6.31. The van der Waals surface area contributed by atoms with Crippen molar-refractivity contribution in [2.75, 3.05) is 6.54 Å². The minimum Gasteiger partial charge on any atom is -0.472 e. The van der Waals surface area contributed by atoms with Crippen LogP contribution in [0.3, 0.4) is 0 Å². The zero-order valence-corrected chi connectivity index (χ0v) is 31.5.